The molecule has 4 heterocycles. The Morgan fingerprint density at radius 1 is 1.29 bits per heavy atom. The summed E-state index contributed by atoms with van der Waals surface area (Å²) in [5, 5.41) is 13.5. The number of thiophene rings is 2. The van der Waals surface area contributed by atoms with Crippen molar-refractivity contribution in [3.8, 4) is 17.4 Å². The third-order valence-corrected chi connectivity index (χ3v) is 8.17. The predicted octanol–water partition coefficient (Wildman–Crippen LogP) is 4.96. The van der Waals surface area contributed by atoms with Crippen molar-refractivity contribution in [1.82, 2.24) is 4.98 Å². The van der Waals surface area contributed by atoms with Gasteiger partial charge in [0.25, 0.3) is 5.91 Å². The molecule has 1 aliphatic rings. The summed E-state index contributed by atoms with van der Waals surface area (Å²) >= 11 is 2.46. The van der Waals surface area contributed by atoms with E-state index in [1.54, 1.807) is 19.1 Å². The molecule has 35 heavy (non-hydrogen) atoms. The van der Waals surface area contributed by atoms with Crippen LogP contribution in [0.3, 0.4) is 0 Å². The quantitative estimate of drug-likeness (QED) is 0.320. The number of rotatable bonds is 5. The van der Waals surface area contributed by atoms with Crippen molar-refractivity contribution < 1.29 is 18.7 Å². The van der Waals surface area contributed by atoms with Crippen LogP contribution in [-0.4, -0.2) is 23.5 Å². The number of hydrogen-bond donors (Lipinski definition) is 3. The van der Waals surface area contributed by atoms with Crippen LogP contribution in [0.2, 0.25) is 0 Å². The molecule has 11 heteroatoms. The topological polar surface area (TPSA) is 157 Å². The van der Waals surface area contributed by atoms with Gasteiger partial charge in [-0.15, -0.1) is 22.7 Å². The standard InChI is InChI=1S/C24H21N5O4S2/c1-2-32-24(31)16-11-6-3-4-8-14(11)34-22(16)29-21(30)19-18(26)17-15(13-7-5-9-33-13)12(10-25)20(27)28-23(17)35-19/h5,7,9H,2-4,6,8,26H2,1H3,(H2,27,28)(H,29,30). The second kappa shape index (κ2) is 9.05. The fourth-order valence-electron chi connectivity index (χ4n) is 4.35. The second-order valence-electron chi connectivity index (χ2n) is 7.95. The van der Waals surface area contributed by atoms with Crippen molar-refractivity contribution in [3.05, 3.63) is 44.8 Å². The zero-order valence-corrected chi connectivity index (χ0v) is 20.4. The number of furan rings is 1. The van der Waals surface area contributed by atoms with E-state index in [1.807, 2.05) is 0 Å². The number of anilines is 3. The molecule has 1 aliphatic carbocycles. The van der Waals surface area contributed by atoms with Gasteiger partial charge in [0.15, 0.2) is 0 Å². The minimum absolute atomic E-state index is 0.0233. The highest BCUT2D eigenvalue weighted by Gasteiger charge is 2.30. The van der Waals surface area contributed by atoms with Crippen LogP contribution in [0, 0.1) is 11.3 Å². The Balaban J connectivity index is 1.60. The van der Waals surface area contributed by atoms with Gasteiger partial charge < -0.3 is 25.9 Å². The van der Waals surface area contributed by atoms with Crippen LogP contribution in [0.4, 0.5) is 16.5 Å². The molecule has 4 aromatic heterocycles. The summed E-state index contributed by atoms with van der Waals surface area (Å²) in [7, 11) is 0. The van der Waals surface area contributed by atoms with E-state index in [0.717, 1.165) is 47.5 Å². The fourth-order valence-corrected chi connectivity index (χ4v) is 6.63. The maximum Gasteiger partial charge on any atom is 0.341 e. The van der Waals surface area contributed by atoms with Crippen LogP contribution < -0.4 is 16.8 Å². The van der Waals surface area contributed by atoms with E-state index >= 15 is 0 Å². The van der Waals surface area contributed by atoms with Gasteiger partial charge in [-0.3, -0.25) is 4.79 Å². The van der Waals surface area contributed by atoms with Crippen LogP contribution in [-0.2, 0) is 17.6 Å². The van der Waals surface area contributed by atoms with Gasteiger partial charge in [-0.2, -0.15) is 5.26 Å². The molecule has 0 atom stereocenters. The van der Waals surface area contributed by atoms with Crippen molar-refractivity contribution in [2.24, 2.45) is 0 Å². The minimum Gasteiger partial charge on any atom is -0.464 e. The number of pyridine rings is 1. The number of carbonyl (C=O) groups excluding carboxylic acids is 2. The zero-order chi connectivity index (χ0) is 24.7. The Kier molecular flexibility index (Phi) is 5.92. The number of amides is 1. The Bertz CT molecular complexity index is 1510. The van der Waals surface area contributed by atoms with Gasteiger partial charge in [-0.25, -0.2) is 9.78 Å². The van der Waals surface area contributed by atoms with E-state index in [0.29, 0.717) is 32.1 Å². The lowest BCUT2D eigenvalue weighted by molar-refractivity contribution is 0.0526. The normalized spacial score (nSPS) is 12.8. The van der Waals surface area contributed by atoms with E-state index in [1.165, 1.54) is 17.6 Å². The Morgan fingerprint density at radius 3 is 2.80 bits per heavy atom. The molecule has 1 amide bonds. The number of aromatic nitrogens is 1. The van der Waals surface area contributed by atoms with E-state index in [2.05, 4.69) is 16.4 Å². The van der Waals surface area contributed by atoms with Crippen molar-refractivity contribution in [2.75, 3.05) is 23.4 Å². The molecular formula is C24H21N5O4S2. The van der Waals surface area contributed by atoms with E-state index < -0.39 is 11.9 Å². The van der Waals surface area contributed by atoms with Crippen molar-refractivity contribution in [2.45, 2.75) is 32.6 Å². The zero-order valence-electron chi connectivity index (χ0n) is 18.8. The van der Waals surface area contributed by atoms with Crippen LogP contribution >= 0.6 is 22.7 Å². The highest BCUT2D eigenvalue weighted by molar-refractivity contribution is 7.21. The molecule has 0 aromatic carbocycles. The maximum absolute atomic E-state index is 13.4. The second-order valence-corrected chi connectivity index (χ2v) is 10.1. The van der Waals surface area contributed by atoms with E-state index in [9.17, 15) is 14.9 Å². The van der Waals surface area contributed by atoms with Gasteiger partial charge in [-0.05, 0) is 50.3 Å². The number of carbonyl (C=O) groups is 2. The number of nitrogens with zero attached hydrogens (tertiary/aromatic N) is 2. The summed E-state index contributed by atoms with van der Waals surface area (Å²) in [5.41, 5.74) is 14.5. The number of nitrogen functional groups attached to an aromatic ring is 2. The van der Waals surface area contributed by atoms with Crippen LogP contribution in [0.5, 0.6) is 0 Å². The molecule has 0 saturated heterocycles. The third-order valence-electron chi connectivity index (χ3n) is 5.87. The summed E-state index contributed by atoms with van der Waals surface area (Å²) in [6, 6.07) is 5.43. The molecule has 0 saturated carbocycles. The Hall–Kier alpha value is -3.88. The number of nitrogens with two attached hydrogens (primary N) is 2. The number of esters is 1. The molecule has 5 N–H and O–H groups in total. The molecular weight excluding hydrogens is 486 g/mol. The Morgan fingerprint density at radius 2 is 2.09 bits per heavy atom. The SMILES string of the molecule is CCOC(=O)c1c(NC(=O)c2sc3nc(N)c(C#N)c(-c4ccco4)c3c2N)sc2c1CCCC2. The molecule has 178 valence electrons. The molecule has 0 bridgehead atoms. The van der Waals surface area contributed by atoms with Crippen LogP contribution in [0.1, 0.15) is 55.8 Å². The molecule has 0 aliphatic heterocycles. The lowest BCUT2D eigenvalue weighted by Crippen LogP contribution is -2.15. The molecule has 4 aromatic rings. The maximum atomic E-state index is 13.4. The largest absolute Gasteiger partial charge is 0.464 e. The lowest BCUT2D eigenvalue weighted by atomic mass is 9.95. The first kappa shape index (κ1) is 22.9. The highest BCUT2D eigenvalue weighted by Crippen LogP contribution is 2.44. The number of nitriles is 1. The number of hydrogen-bond acceptors (Lipinski definition) is 10. The highest BCUT2D eigenvalue weighted by atomic mass is 32.1. The van der Waals surface area contributed by atoms with Crippen LogP contribution in [0.25, 0.3) is 21.5 Å². The lowest BCUT2D eigenvalue weighted by Gasteiger charge is -2.12. The van der Waals surface area contributed by atoms with Gasteiger partial charge in [-0.1, -0.05) is 0 Å². The fraction of sp³-hybridized carbons (Fsp3) is 0.250. The average molecular weight is 508 g/mol. The monoisotopic (exact) mass is 507 g/mol. The summed E-state index contributed by atoms with van der Waals surface area (Å²) in [6.45, 7) is 1.99. The summed E-state index contributed by atoms with van der Waals surface area (Å²) in [4.78, 5) is 32.2. The van der Waals surface area contributed by atoms with Crippen LogP contribution in [0.15, 0.2) is 22.8 Å². The van der Waals surface area contributed by atoms with Gasteiger partial charge in [0.2, 0.25) is 0 Å². The summed E-state index contributed by atoms with van der Waals surface area (Å²) < 4.78 is 10.8. The average Bonchev–Trinajstić information content (AvgIpc) is 3.56. The number of fused-ring (bicyclic) bond motifs is 2. The van der Waals surface area contributed by atoms with E-state index in [-0.39, 0.29) is 28.6 Å². The van der Waals surface area contributed by atoms with E-state index in [4.69, 9.17) is 20.6 Å². The molecule has 5 rings (SSSR count). The molecule has 0 unspecified atom stereocenters. The number of nitrogens with one attached hydrogen (secondary N) is 1. The molecule has 0 fully saturated rings. The molecule has 0 spiro atoms. The minimum atomic E-state index is -0.475. The number of ether oxygens (including phenoxy) is 1. The summed E-state index contributed by atoms with van der Waals surface area (Å²) in [5.74, 6) is -0.500. The van der Waals surface area contributed by atoms with Gasteiger partial charge in [0.1, 0.15) is 37.9 Å². The number of aryl methyl sites for hydroxylation is 1. The van der Waals surface area contributed by atoms with Crippen molar-refractivity contribution in [3.63, 3.8) is 0 Å². The first-order valence-corrected chi connectivity index (χ1v) is 12.7. The van der Waals surface area contributed by atoms with Gasteiger partial charge >= 0.3 is 5.97 Å². The van der Waals surface area contributed by atoms with Gasteiger partial charge in [0, 0.05) is 10.3 Å². The van der Waals surface area contributed by atoms with Gasteiger partial charge in [0.05, 0.1) is 29.7 Å². The molecule has 0 radical (unpaired) electrons. The summed E-state index contributed by atoms with van der Waals surface area (Å²) in [6.07, 6.45) is 5.13. The first-order chi connectivity index (χ1) is 16.9. The Labute approximate surface area is 208 Å². The third kappa shape index (κ3) is 3.80. The van der Waals surface area contributed by atoms with Crippen molar-refractivity contribution >= 4 is 61.3 Å². The predicted molar refractivity (Wildman–Crippen MR) is 136 cm³/mol. The molecule has 9 nitrogen and oxygen atoms in total. The first-order valence-electron chi connectivity index (χ1n) is 11.0. The smallest absolute Gasteiger partial charge is 0.341 e. The van der Waals surface area contributed by atoms with Crippen molar-refractivity contribution in [1.29, 1.82) is 5.26 Å².